The van der Waals surface area contributed by atoms with Crippen LogP contribution in [0.4, 0.5) is 4.39 Å². The molecule has 3 aromatic rings. The lowest BCUT2D eigenvalue weighted by Crippen LogP contribution is -2.41. The Morgan fingerprint density at radius 1 is 1.26 bits per heavy atom. The monoisotopic (exact) mass is 629 g/mol. The highest BCUT2D eigenvalue weighted by molar-refractivity contribution is 6.79. The maximum Gasteiger partial charge on any atom is 0.191 e. The van der Waals surface area contributed by atoms with Gasteiger partial charge in [0.15, 0.2) is 13.5 Å². The SMILES string of the molecule is CC1(O)C#Cc2cc3c(cn(CCCO[Si](C)(C)C(C)(C)C)c3cc2F)-c2cn(nc2Cl)COCC[Si](C)(C)C2CC21. The van der Waals surface area contributed by atoms with E-state index >= 15 is 4.39 Å². The number of rotatable bonds is 5. The van der Waals surface area contributed by atoms with Gasteiger partial charge in [0.05, 0.1) is 19.2 Å². The fraction of sp³-hybridized carbons (Fsp3) is 0.594. The first-order chi connectivity index (χ1) is 19.5. The van der Waals surface area contributed by atoms with Gasteiger partial charge in [-0.05, 0) is 67.5 Å². The van der Waals surface area contributed by atoms with E-state index in [1.807, 2.05) is 12.4 Å². The van der Waals surface area contributed by atoms with Gasteiger partial charge in [0, 0.05) is 48.7 Å². The van der Waals surface area contributed by atoms with Gasteiger partial charge < -0.3 is 18.8 Å². The molecule has 2 aromatic heterocycles. The second-order valence-electron chi connectivity index (χ2n) is 14.5. The first-order valence-corrected chi connectivity index (χ1v) is 21.6. The summed E-state index contributed by atoms with van der Waals surface area (Å²) in [5.74, 6) is 5.76. The van der Waals surface area contributed by atoms with Crippen molar-refractivity contribution >= 4 is 38.9 Å². The Labute approximate surface area is 256 Å². The van der Waals surface area contributed by atoms with Gasteiger partial charge in [0.25, 0.3) is 0 Å². The summed E-state index contributed by atoms with van der Waals surface area (Å²) in [4.78, 5) is 0. The molecule has 3 unspecified atom stereocenters. The molecule has 4 bridgehead atoms. The summed E-state index contributed by atoms with van der Waals surface area (Å²) < 4.78 is 31.8. The van der Waals surface area contributed by atoms with Gasteiger partial charge in [-0.25, -0.2) is 9.07 Å². The third-order valence-corrected chi connectivity index (χ3v) is 18.8. The Bertz CT molecular complexity index is 1540. The quantitative estimate of drug-likeness (QED) is 0.177. The molecular formula is C32H45ClFN3O3Si2. The summed E-state index contributed by atoms with van der Waals surface area (Å²) >= 11 is 6.68. The number of nitrogens with zero attached hydrogens (tertiary/aromatic N) is 3. The molecule has 1 aliphatic carbocycles. The molecule has 1 aromatic carbocycles. The van der Waals surface area contributed by atoms with Crippen LogP contribution in [0.3, 0.4) is 0 Å². The second kappa shape index (κ2) is 11.2. The summed E-state index contributed by atoms with van der Waals surface area (Å²) in [7, 11) is -3.51. The largest absolute Gasteiger partial charge is 0.417 e. The molecule has 3 heterocycles. The average Bonchev–Trinajstić information content (AvgIpc) is 3.55. The van der Waals surface area contributed by atoms with E-state index in [1.54, 1.807) is 23.7 Å². The smallest absolute Gasteiger partial charge is 0.191 e. The summed E-state index contributed by atoms with van der Waals surface area (Å²) in [6.45, 7) is 19.9. The van der Waals surface area contributed by atoms with E-state index in [2.05, 4.69) is 68.5 Å². The van der Waals surface area contributed by atoms with Gasteiger partial charge in [0.2, 0.25) is 0 Å². The van der Waals surface area contributed by atoms with Gasteiger partial charge in [-0.15, -0.1) is 0 Å². The van der Waals surface area contributed by atoms with Gasteiger partial charge in [0.1, 0.15) is 18.1 Å². The summed E-state index contributed by atoms with van der Waals surface area (Å²) in [6.07, 6.45) is 5.67. The fourth-order valence-electron chi connectivity index (χ4n) is 5.87. The molecule has 1 fully saturated rings. The zero-order valence-electron chi connectivity index (χ0n) is 26.3. The summed E-state index contributed by atoms with van der Waals surface area (Å²) in [5, 5.41) is 17.2. The van der Waals surface area contributed by atoms with Crippen LogP contribution < -0.4 is 0 Å². The Kier molecular flexibility index (Phi) is 8.40. The molecule has 228 valence electrons. The number of halogens is 2. The van der Waals surface area contributed by atoms with Crippen LogP contribution in [-0.4, -0.2) is 54.7 Å². The Hall–Kier alpha value is -1.94. The molecule has 5 rings (SSSR count). The lowest BCUT2D eigenvalue weighted by molar-refractivity contribution is 0.0781. The van der Waals surface area contributed by atoms with Gasteiger partial charge in [-0.1, -0.05) is 57.3 Å². The molecule has 1 saturated carbocycles. The van der Waals surface area contributed by atoms with Crippen LogP contribution in [0.5, 0.6) is 0 Å². The standard InChI is InChI=1S/C32H45ClFN3O3Si2/c1-31(2,3)42(7,8)40-13-9-12-36-19-24-23-16-22(27(34)18-28(23)36)10-11-32(4,38)26-17-29(26)41(5,6)15-14-39-21-37-20-25(24)30(33)35-37/h16,18-20,26,29,38H,9,12-15,17,21H2,1-8H3. The number of ether oxygens (including phenoxy) is 1. The Morgan fingerprint density at radius 2 is 2.00 bits per heavy atom. The maximum atomic E-state index is 15.6. The van der Waals surface area contributed by atoms with Gasteiger partial charge in [-0.2, -0.15) is 5.10 Å². The van der Waals surface area contributed by atoms with E-state index in [4.69, 9.17) is 20.8 Å². The first-order valence-electron chi connectivity index (χ1n) is 15.0. The minimum atomic E-state index is -1.86. The lowest BCUT2D eigenvalue weighted by atomic mass is 10.00. The van der Waals surface area contributed by atoms with Crippen molar-refractivity contribution < 1.29 is 18.7 Å². The van der Waals surface area contributed by atoms with E-state index in [0.717, 1.165) is 40.9 Å². The summed E-state index contributed by atoms with van der Waals surface area (Å²) in [6, 6.07) is 4.33. The molecule has 0 radical (unpaired) electrons. The molecule has 1 N–H and O–H groups in total. The molecule has 0 spiro atoms. The topological polar surface area (TPSA) is 61.4 Å². The van der Waals surface area contributed by atoms with E-state index in [9.17, 15) is 5.11 Å². The number of hydrogen-bond donors (Lipinski definition) is 1. The van der Waals surface area contributed by atoms with Crippen molar-refractivity contribution in [2.45, 2.75) is 102 Å². The molecule has 3 atom stereocenters. The van der Waals surface area contributed by atoms with Crippen molar-refractivity contribution in [3.05, 3.63) is 41.1 Å². The number of aryl methyl sites for hydroxylation is 1. The van der Waals surface area contributed by atoms with E-state index < -0.39 is 27.8 Å². The predicted molar refractivity (Wildman–Crippen MR) is 173 cm³/mol. The molecule has 1 aliphatic heterocycles. The van der Waals surface area contributed by atoms with Crippen LogP contribution in [0.25, 0.3) is 22.0 Å². The van der Waals surface area contributed by atoms with Crippen LogP contribution in [0.2, 0.25) is 48.0 Å². The number of benzene rings is 1. The number of aliphatic hydroxyl groups is 1. The molecule has 0 saturated heterocycles. The van der Waals surface area contributed by atoms with Crippen LogP contribution in [0.1, 0.15) is 46.1 Å². The molecule has 2 aliphatic rings. The van der Waals surface area contributed by atoms with E-state index in [0.29, 0.717) is 37.2 Å². The van der Waals surface area contributed by atoms with Crippen molar-refractivity contribution in [1.29, 1.82) is 0 Å². The number of fused-ring (bicyclic) bond motifs is 5. The highest BCUT2D eigenvalue weighted by Gasteiger charge is 2.55. The van der Waals surface area contributed by atoms with Gasteiger partial charge in [-0.3, -0.25) is 0 Å². The molecule has 0 amide bonds. The van der Waals surface area contributed by atoms with Crippen molar-refractivity contribution in [2.24, 2.45) is 5.92 Å². The van der Waals surface area contributed by atoms with Crippen LogP contribution in [0.15, 0.2) is 24.5 Å². The van der Waals surface area contributed by atoms with Crippen LogP contribution in [-0.2, 0) is 22.4 Å². The summed E-state index contributed by atoms with van der Waals surface area (Å²) in [5.41, 5.74) is 1.95. The average molecular weight is 630 g/mol. The lowest BCUT2D eigenvalue weighted by Gasteiger charge is -2.36. The van der Waals surface area contributed by atoms with Crippen LogP contribution >= 0.6 is 11.6 Å². The molecule has 6 nitrogen and oxygen atoms in total. The number of hydrogen-bond acceptors (Lipinski definition) is 4. The third-order valence-electron chi connectivity index (χ3n) is 9.87. The fourth-order valence-corrected chi connectivity index (χ4v) is 10.6. The molecular weight excluding hydrogens is 585 g/mol. The van der Waals surface area contributed by atoms with Gasteiger partial charge >= 0.3 is 0 Å². The molecule has 10 heteroatoms. The first kappa shape index (κ1) is 31.5. The Morgan fingerprint density at radius 3 is 2.71 bits per heavy atom. The third kappa shape index (κ3) is 6.31. The normalized spacial score (nSPS) is 24.3. The minimum Gasteiger partial charge on any atom is -0.417 e. The van der Waals surface area contributed by atoms with E-state index in [1.165, 1.54) is 0 Å². The van der Waals surface area contributed by atoms with Crippen molar-refractivity contribution in [3.63, 3.8) is 0 Å². The highest BCUT2D eigenvalue weighted by Crippen LogP contribution is 2.58. The zero-order valence-corrected chi connectivity index (χ0v) is 29.0. The Balaban J connectivity index is 1.53. The van der Waals surface area contributed by atoms with Crippen molar-refractivity contribution in [1.82, 2.24) is 14.3 Å². The van der Waals surface area contributed by atoms with E-state index in [-0.39, 0.29) is 16.5 Å². The molecule has 42 heavy (non-hydrogen) atoms. The zero-order chi connectivity index (χ0) is 30.7. The van der Waals surface area contributed by atoms with Crippen molar-refractivity contribution in [2.75, 3.05) is 13.2 Å². The maximum absolute atomic E-state index is 15.6. The van der Waals surface area contributed by atoms with Crippen LogP contribution in [0, 0.1) is 23.6 Å². The van der Waals surface area contributed by atoms with Crippen molar-refractivity contribution in [3.8, 4) is 23.0 Å². The predicted octanol–water partition coefficient (Wildman–Crippen LogP) is 7.90. The second-order valence-corrected chi connectivity index (χ2v) is 24.9. The number of aromatic nitrogens is 3. The highest BCUT2D eigenvalue weighted by atomic mass is 35.5. The minimum absolute atomic E-state index is 0.103.